The number of hydrogen-bond acceptors (Lipinski definition) is 3. The van der Waals surface area contributed by atoms with E-state index in [1.165, 1.54) is 0 Å². The van der Waals surface area contributed by atoms with E-state index in [1.54, 1.807) is 0 Å². The molecule has 1 rings (SSSR count). The number of amides is 2. The first kappa shape index (κ1) is 15.5. The Bertz CT molecular complexity index is 354. The molecule has 5 heteroatoms. The fraction of sp³-hybridized carbons (Fsp3) is 0.786. The number of nitrogens with one attached hydrogen (secondary N) is 2. The Hall–Kier alpha value is -1.57. The Balaban J connectivity index is 2.55. The van der Waals surface area contributed by atoms with E-state index < -0.39 is 6.04 Å². The maximum atomic E-state index is 12.1. The lowest BCUT2D eigenvalue weighted by molar-refractivity contribution is -0.131. The topological polar surface area (TPSA) is 82.0 Å². The van der Waals surface area contributed by atoms with Crippen LogP contribution in [0.1, 0.15) is 46.0 Å². The highest BCUT2D eigenvalue weighted by molar-refractivity contribution is 5.88. The summed E-state index contributed by atoms with van der Waals surface area (Å²) in [5.74, 6) is 0.0806. The number of rotatable bonds is 6. The summed E-state index contributed by atoms with van der Waals surface area (Å²) in [4.78, 5) is 24.0. The Morgan fingerprint density at radius 2 is 1.95 bits per heavy atom. The minimum absolute atomic E-state index is 0.0183. The normalized spacial score (nSPS) is 16.9. The van der Waals surface area contributed by atoms with Crippen LogP contribution in [-0.4, -0.2) is 24.4 Å². The van der Waals surface area contributed by atoms with E-state index in [1.807, 2.05) is 19.9 Å². The average Bonchev–Trinajstić information content (AvgIpc) is 2.88. The molecule has 1 atom stereocenters. The predicted molar refractivity (Wildman–Crippen MR) is 72.0 cm³/mol. The van der Waals surface area contributed by atoms with Gasteiger partial charge >= 0.3 is 0 Å². The highest BCUT2D eigenvalue weighted by Gasteiger charge is 2.27. The van der Waals surface area contributed by atoms with Crippen molar-refractivity contribution in [1.29, 1.82) is 5.26 Å². The Morgan fingerprint density at radius 1 is 1.32 bits per heavy atom. The summed E-state index contributed by atoms with van der Waals surface area (Å²) in [6, 6.07) is 1.34. The molecule has 1 aliphatic carbocycles. The lowest BCUT2D eigenvalue weighted by Crippen LogP contribution is -2.48. The summed E-state index contributed by atoms with van der Waals surface area (Å²) in [5, 5.41) is 13.8. The van der Waals surface area contributed by atoms with E-state index in [4.69, 9.17) is 5.26 Å². The standard InChI is InChI=1S/C14H23N3O2/c1-10(2)9-12(14(19)16-8-7-15)17-13(18)11-5-3-4-6-11/h10-12H,3-6,8-9H2,1-2H3,(H,16,19)(H,17,18)/t12-/m0/s1. The second kappa shape index (κ2) is 7.78. The summed E-state index contributed by atoms with van der Waals surface area (Å²) in [6.07, 6.45) is 4.61. The Morgan fingerprint density at radius 3 is 2.47 bits per heavy atom. The molecule has 0 aromatic rings. The molecule has 2 N–H and O–H groups in total. The second-order valence-corrected chi connectivity index (χ2v) is 5.55. The van der Waals surface area contributed by atoms with Gasteiger partial charge in [0, 0.05) is 5.92 Å². The molecule has 0 aromatic carbocycles. The molecule has 0 radical (unpaired) electrons. The van der Waals surface area contributed by atoms with Crippen LogP contribution in [0.2, 0.25) is 0 Å². The average molecular weight is 265 g/mol. The van der Waals surface area contributed by atoms with Crippen molar-refractivity contribution >= 4 is 11.8 Å². The third-order valence-electron chi connectivity index (χ3n) is 3.41. The monoisotopic (exact) mass is 265 g/mol. The number of carbonyl (C=O) groups is 2. The predicted octanol–water partition coefficient (Wildman–Crippen LogP) is 1.35. The van der Waals surface area contributed by atoms with Gasteiger partial charge in [-0.15, -0.1) is 0 Å². The molecule has 1 aliphatic rings. The summed E-state index contributed by atoms with van der Waals surface area (Å²) < 4.78 is 0. The van der Waals surface area contributed by atoms with E-state index in [0.29, 0.717) is 12.3 Å². The molecule has 1 saturated carbocycles. The molecule has 5 nitrogen and oxygen atoms in total. The van der Waals surface area contributed by atoms with Crippen molar-refractivity contribution in [3.8, 4) is 6.07 Å². The summed E-state index contributed by atoms with van der Waals surface area (Å²) in [5.41, 5.74) is 0. The molecular weight excluding hydrogens is 242 g/mol. The summed E-state index contributed by atoms with van der Waals surface area (Å²) >= 11 is 0. The van der Waals surface area contributed by atoms with Crippen molar-refractivity contribution in [2.75, 3.05) is 6.54 Å². The zero-order valence-electron chi connectivity index (χ0n) is 11.7. The van der Waals surface area contributed by atoms with Gasteiger partial charge in [0.15, 0.2) is 0 Å². The summed E-state index contributed by atoms with van der Waals surface area (Å²) in [6.45, 7) is 3.99. The van der Waals surface area contributed by atoms with Gasteiger partial charge in [-0.25, -0.2) is 0 Å². The van der Waals surface area contributed by atoms with E-state index in [0.717, 1.165) is 25.7 Å². The largest absolute Gasteiger partial charge is 0.344 e. The molecule has 0 aliphatic heterocycles. The maximum absolute atomic E-state index is 12.1. The van der Waals surface area contributed by atoms with Crippen LogP contribution in [-0.2, 0) is 9.59 Å². The number of nitriles is 1. The molecule has 106 valence electrons. The first-order valence-corrected chi connectivity index (χ1v) is 6.99. The van der Waals surface area contributed by atoms with Gasteiger partial charge in [0.1, 0.15) is 12.6 Å². The van der Waals surface area contributed by atoms with Crippen LogP contribution in [0, 0.1) is 23.2 Å². The minimum atomic E-state index is -0.526. The van der Waals surface area contributed by atoms with Crippen LogP contribution >= 0.6 is 0 Å². The van der Waals surface area contributed by atoms with Crippen molar-refractivity contribution in [2.24, 2.45) is 11.8 Å². The molecule has 0 bridgehead atoms. The van der Waals surface area contributed by atoms with Crippen LogP contribution in [0.3, 0.4) is 0 Å². The SMILES string of the molecule is CC(C)C[C@H](NC(=O)C1CCCC1)C(=O)NCC#N. The molecule has 0 spiro atoms. The second-order valence-electron chi connectivity index (χ2n) is 5.55. The molecule has 1 fully saturated rings. The fourth-order valence-corrected chi connectivity index (χ4v) is 2.43. The quantitative estimate of drug-likeness (QED) is 0.711. The van der Waals surface area contributed by atoms with Crippen molar-refractivity contribution in [2.45, 2.75) is 52.0 Å². The lowest BCUT2D eigenvalue weighted by atomic mass is 10.0. The maximum Gasteiger partial charge on any atom is 0.243 e. The Labute approximate surface area is 114 Å². The van der Waals surface area contributed by atoms with Crippen molar-refractivity contribution < 1.29 is 9.59 Å². The first-order valence-electron chi connectivity index (χ1n) is 6.99. The van der Waals surface area contributed by atoms with Gasteiger partial charge in [0.05, 0.1) is 6.07 Å². The molecule has 0 heterocycles. The third kappa shape index (κ3) is 5.29. The number of nitrogens with zero attached hydrogens (tertiary/aromatic N) is 1. The zero-order chi connectivity index (χ0) is 14.3. The van der Waals surface area contributed by atoms with Gasteiger partial charge in [-0.2, -0.15) is 5.26 Å². The first-order chi connectivity index (χ1) is 9.04. The molecule has 2 amide bonds. The van der Waals surface area contributed by atoms with Crippen molar-refractivity contribution in [1.82, 2.24) is 10.6 Å². The highest BCUT2D eigenvalue weighted by atomic mass is 16.2. The molecule has 0 unspecified atom stereocenters. The third-order valence-corrected chi connectivity index (χ3v) is 3.41. The van der Waals surface area contributed by atoms with Crippen LogP contribution < -0.4 is 10.6 Å². The number of hydrogen-bond donors (Lipinski definition) is 2. The van der Waals surface area contributed by atoms with E-state index >= 15 is 0 Å². The van der Waals surface area contributed by atoms with E-state index in [9.17, 15) is 9.59 Å². The van der Waals surface area contributed by atoms with Gasteiger partial charge in [-0.3, -0.25) is 9.59 Å². The zero-order valence-corrected chi connectivity index (χ0v) is 11.7. The van der Waals surface area contributed by atoms with Gasteiger partial charge < -0.3 is 10.6 Å². The fourth-order valence-electron chi connectivity index (χ4n) is 2.43. The van der Waals surface area contributed by atoms with Crippen LogP contribution in [0.15, 0.2) is 0 Å². The molecule has 0 aromatic heterocycles. The molecule has 0 saturated heterocycles. The van der Waals surface area contributed by atoms with Gasteiger partial charge in [-0.05, 0) is 25.2 Å². The molecular formula is C14H23N3O2. The van der Waals surface area contributed by atoms with Gasteiger partial charge in [0.25, 0.3) is 0 Å². The number of carbonyl (C=O) groups excluding carboxylic acids is 2. The van der Waals surface area contributed by atoms with Crippen LogP contribution in [0.25, 0.3) is 0 Å². The minimum Gasteiger partial charge on any atom is -0.344 e. The molecule has 19 heavy (non-hydrogen) atoms. The van der Waals surface area contributed by atoms with Crippen LogP contribution in [0.4, 0.5) is 0 Å². The summed E-state index contributed by atoms with van der Waals surface area (Å²) in [7, 11) is 0. The van der Waals surface area contributed by atoms with Gasteiger partial charge in [-0.1, -0.05) is 26.7 Å². The Kier molecular flexibility index (Phi) is 6.34. The van der Waals surface area contributed by atoms with E-state index in [2.05, 4.69) is 10.6 Å². The lowest BCUT2D eigenvalue weighted by Gasteiger charge is -2.21. The van der Waals surface area contributed by atoms with Crippen LogP contribution in [0.5, 0.6) is 0 Å². The van der Waals surface area contributed by atoms with Gasteiger partial charge in [0.2, 0.25) is 11.8 Å². The van der Waals surface area contributed by atoms with Crippen molar-refractivity contribution in [3.63, 3.8) is 0 Å². The van der Waals surface area contributed by atoms with E-state index in [-0.39, 0.29) is 24.3 Å². The van der Waals surface area contributed by atoms with Crippen molar-refractivity contribution in [3.05, 3.63) is 0 Å². The smallest absolute Gasteiger partial charge is 0.243 e. The highest BCUT2D eigenvalue weighted by Crippen LogP contribution is 2.25.